The van der Waals surface area contributed by atoms with Crippen LogP contribution in [0.5, 0.6) is 0 Å². The summed E-state index contributed by atoms with van der Waals surface area (Å²) >= 11 is 0. The molecular weight excluding hydrogens is 466 g/mol. The lowest BCUT2D eigenvalue weighted by Gasteiger charge is -2.36. The number of aromatic nitrogens is 1. The molecule has 3 fully saturated rings. The van der Waals surface area contributed by atoms with Crippen molar-refractivity contribution in [2.24, 2.45) is 11.8 Å². The van der Waals surface area contributed by atoms with E-state index in [0.29, 0.717) is 41.6 Å². The van der Waals surface area contributed by atoms with Gasteiger partial charge in [-0.05, 0) is 75.8 Å². The molecule has 2 atom stereocenters. The van der Waals surface area contributed by atoms with Crippen molar-refractivity contribution in [1.29, 1.82) is 0 Å². The van der Waals surface area contributed by atoms with Gasteiger partial charge < -0.3 is 19.5 Å². The SMILES string of the molecule is CO[C@@H]1CC[C@@H](CC(=O)NC2CCC(CCN3CCN(c4noc5cc(F)c(F)cc45)CC3)CC2)C1. The van der Waals surface area contributed by atoms with Gasteiger partial charge in [0.05, 0.1) is 11.5 Å². The zero-order valence-electron chi connectivity index (χ0n) is 21.2. The van der Waals surface area contributed by atoms with Gasteiger partial charge in [0.15, 0.2) is 23.0 Å². The molecule has 1 aromatic carbocycles. The standard InChI is InChI=1S/C27H38F2N4O3/c1-35-21-7-4-19(14-21)15-26(34)30-20-5-2-18(3-6-20)8-9-32-10-12-33(13-11-32)27-22-16-23(28)24(29)17-25(22)36-31-27/h16-21H,2-15H2,1H3,(H,30,34)/t18?,19-,20?,21-/m1/s1. The van der Waals surface area contributed by atoms with E-state index in [1.165, 1.54) is 25.3 Å². The van der Waals surface area contributed by atoms with Crippen molar-refractivity contribution in [3.8, 4) is 0 Å². The van der Waals surface area contributed by atoms with Gasteiger partial charge in [0.1, 0.15) is 0 Å². The van der Waals surface area contributed by atoms with Gasteiger partial charge >= 0.3 is 0 Å². The number of methoxy groups -OCH3 is 1. The highest BCUT2D eigenvalue weighted by Crippen LogP contribution is 2.32. The van der Waals surface area contributed by atoms with E-state index in [9.17, 15) is 13.6 Å². The number of carbonyl (C=O) groups excluding carboxylic acids is 1. The first-order chi connectivity index (χ1) is 17.5. The Labute approximate surface area is 211 Å². The summed E-state index contributed by atoms with van der Waals surface area (Å²) in [5, 5.41) is 7.88. The maximum Gasteiger partial charge on any atom is 0.220 e. The molecule has 1 N–H and O–H groups in total. The molecule has 1 amide bonds. The van der Waals surface area contributed by atoms with Crippen LogP contribution < -0.4 is 10.2 Å². The number of fused-ring (bicyclic) bond motifs is 1. The predicted molar refractivity (Wildman–Crippen MR) is 134 cm³/mol. The second-order valence-electron chi connectivity index (χ2n) is 10.9. The molecule has 0 unspecified atom stereocenters. The quantitative estimate of drug-likeness (QED) is 0.571. The minimum Gasteiger partial charge on any atom is -0.381 e. The van der Waals surface area contributed by atoms with Crippen LogP contribution in [0.2, 0.25) is 0 Å². The monoisotopic (exact) mass is 504 g/mol. The second kappa shape index (κ2) is 11.4. The summed E-state index contributed by atoms with van der Waals surface area (Å²) in [4.78, 5) is 17.0. The topological polar surface area (TPSA) is 70.8 Å². The molecule has 5 rings (SSSR count). The molecule has 3 aliphatic rings. The maximum absolute atomic E-state index is 13.7. The fourth-order valence-corrected chi connectivity index (χ4v) is 6.27. The van der Waals surface area contributed by atoms with E-state index in [2.05, 4.69) is 20.3 Å². The third-order valence-electron chi connectivity index (χ3n) is 8.53. The minimum absolute atomic E-state index is 0.214. The molecule has 198 valence electrons. The van der Waals surface area contributed by atoms with E-state index in [1.54, 1.807) is 7.11 Å². The Morgan fingerprint density at radius 3 is 2.50 bits per heavy atom. The molecule has 1 aromatic heterocycles. The zero-order valence-corrected chi connectivity index (χ0v) is 21.2. The maximum atomic E-state index is 13.7. The van der Waals surface area contributed by atoms with Crippen LogP contribution in [0.3, 0.4) is 0 Å². The first kappa shape index (κ1) is 25.4. The minimum atomic E-state index is -0.920. The largest absolute Gasteiger partial charge is 0.381 e. The van der Waals surface area contributed by atoms with Gasteiger partial charge in [-0.15, -0.1) is 0 Å². The first-order valence-electron chi connectivity index (χ1n) is 13.5. The summed E-state index contributed by atoms with van der Waals surface area (Å²) in [6.07, 6.45) is 9.84. The van der Waals surface area contributed by atoms with Crippen molar-refractivity contribution in [3.63, 3.8) is 0 Å². The fourth-order valence-electron chi connectivity index (χ4n) is 6.27. The average molecular weight is 505 g/mol. The van der Waals surface area contributed by atoms with Gasteiger partial charge in [0.2, 0.25) is 5.91 Å². The Morgan fingerprint density at radius 2 is 1.78 bits per heavy atom. The summed E-state index contributed by atoms with van der Waals surface area (Å²) in [6.45, 7) is 4.46. The molecule has 9 heteroatoms. The third-order valence-corrected chi connectivity index (χ3v) is 8.53. The molecule has 0 radical (unpaired) electrons. The highest BCUT2D eigenvalue weighted by molar-refractivity contribution is 5.88. The summed E-state index contributed by atoms with van der Waals surface area (Å²) in [5.74, 6) is 0.191. The molecule has 1 saturated heterocycles. The number of anilines is 1. The van der Waals surface area contributed by atoms with Crippen LogP contribution in [0.15, 0.2) is 16.7 Å². The highest BCUT2D eigenvalue weighted by Gasteiger charge is 2.29. The smallest absolute Gasteiger partial charge is 0.220 e. The van der Waals surface area contributed by atoms with Gasteiger partial charge in [-0.25, -0.2) is 8.78 Å². The number of nitrogens with zero attached hydrogens (tertiary/aromatic N) is 3. The number of ether oxygens (including phenoxy) is 1. The fraction of sp³-hybridized carbons (Fsp3) is 0.704. The molecule has 2 heterocycles. The van der Waals surface area contributed by atoms with Crippen molar-refractivity contribution in [2.75, 3.05) is 44.7 Å². The number of hydrogen-bond acceptors (Lipinski definition) is 6. The number of piperazine rings is 1. The van der Waals surface area contributed by atoms with E-state index < -0.39 is 11.6 Å². The number of carbonyl (C=O) groups is 1. The van der Waals surface area contributed by atoms with Crippen molar-refractivity contribution in [2.45, 2.75) is 69.9 Å². The molecule has 7 nitrogen and oxygen atoms in total. The Morgan fingerprint density at radius 1 is 1.06 bits per heavy atom. The predicted octanol–water partition coefficient (Wildman–Crippen LogP) is 4.50. The molecule has 2 aliphatic carbocycles. The molecule has 1 aliphatic heterocycles. The van der Waals surface area contributed by atoms with Crippen LogP contribution in [0.25, 0.3) is 11.0 Å². The number of hydrogen-bond donors (Lipinski definition) is 1. The van der Waals surface area contributed by atoms with E-state index in [1.807, 2.05) is 0 Å². The Kier molecular flexibility index (Phi) is 8.06. The van der Waals surface area contributed by atoms with Gasteiger partial charge in [-0.3, -0.25) is 9.69 Å². The van der Waals surface area contributed by atoms with E-state index in [4.69, 9.17) is 9.26 Å². The first-order valence-corrected chi connectivity index (χ1v) is 13.5. The number of benzene rings is 1. The average Bonchev–Trinajstić information content (AvgIpc) is 3.51. The molecule has 0 bridgehead atoms. The Bertz CT molecular complexity index is 1030. The third kappa shape index (κ3) is 5.99. The zero-order chi connectivity index (χ0) is 25.1. The van der Waals surface area contributed by atoms with Gasteiger partial charge in [-0.2, -0.15) is 0 Å². The van der Waals surface area contributed by atoms with Gasteiger partial charge in [0.25, 0.3) is 0 Å². The van der Waals surface area contributed by atoms with Crippen LogP contribution >= 0.6 is 0 Å². The van der Waals surface area contributed by atoms with Crippen LogP contribution in [0.4, 0.5) is 14.6 Å². The van der Waals surface area contributed by atoms with Gasteiger partial charge in [0, 0.05) is 51.8 Å². The van der Waals surface area contributed by atoms with E-state index >= 15 is 0 Å². The number of nitrogens with one attached hydrogen (secondary N) is 1. The number of amides is 1. The lowest BCUT2D eigenvalue weighted by Crippen LogP contribution is -2.47. The summed E-state index contributed by atoms with van der Waals surface area (Å²) in [7, 11) is 1.76. The number of halogens is 2. The Hall–Kier alpha value is -2.26. The van der Waals surface area contributed by atoms with Crippen LogP contribution in [-0.4, -0.2) is 67.9 Å². The normalized spacial score (nSPS) is 27.6. The Balaban J connectivity index is 0.996. The molecule has 2 aromatic rings. The van der Waals surface area contributed by atoms with Gasteiger partial charge in [-0.1, -0.05) is 5.16 Å². The molecular formula is C27H38F2N4O3. The van der Waals surface area contributed by atoms with Crippen LogP contribution in [-0.2, 0) is 9.53 Å². The number of rotatable bonds is 8. The van der Waals surface area contributed by atoms with Crippen molar-refractivity contribution >= 4 is 22.7 Å². The summed E-state index contributed by atoms with van der Waals surface area (Å²) < 4.78 is 37.8. The molecule has 2 saturated carbocycles. The van der Waals surface area contributed by atoms with E-state index in [-0.39, 0.29) is 11.5 Å². The van der Waals surface area contributed by atoms with E-state index in [0.717, 1.165) is 70.9 Å². The second-order valence-corrected chi connectivity index (χ2v) is 10.9. The molecule has 36 heavy (non-hydrogen) atoms. The lowest BCUT2D eigenvalue weighted by atomic mass is 9.84. The van der Waals surface area contributed by atoms with Crippen molar-refractivity contribution in [1.82, 2.24) is 15.4 Å². The highest BCUT2D eigenvalue weighted by atomic mass is 19.2. The molecule has 0 spiro atoms. The summed E-state index contributed by atoms with van der Waals surface area (Å²) in [5.41, 5.74) is 0.274. The van der Waals surface area contributed by atoms with Crippen molar-refractivity contribution < 1.29 is 22.8 Å². The summed E-state index contributed by atoms with van der Waals surface area (Å²) in [6, 6.07) is 2.56. The lowest BCUT2D eigenvalue weighted by molar-refractivity contribution is -0.123. The van der Waals surface area contributed by atoms with Crippen LogP contribution in [0, 0.1) is 23.5 Å². The van der Waals surface area contributed by atoms with Crippen molar-refractivity contribution in [3.05, 3.63) is 23.8 Å². The van der Waals surface area contributed by atoms with Crippen LogP contribution in [0.1, 0.15) is 57.8 Å².